The number of benzene rings is 5. The van der Waals surface area contributed by atoms with Crippen LogP contribution in [-0.2, 0) is 123 Å². The molecule has 3 aliphatic rings. The number of aromatic nitrogens is 1. The van der Waals surface area contributed by atoms with E-state index in [1.165, 1.54) is 59.3 Å². The summed E-state index contributed by atoms with van der Waals surface area (Å²) in [6.07, 6.45) is -5.20. The molecule has 0 radical (unpaired) electrons. The van der Waals surface area contributed by atoms with Gasteiger partial charge < -0.3 is 113 Å². The maximum atomic E-state index is 15.7. The average molecular weight is 1900 g/mol. The van der Waals surface area contributed by atoms with Crippen LogP contribution < -0.4 is 53.6 Å². The van der Waals surface area contributed by atoms with Gasteiger partial charge in [0, 0.05) is 116 Å². The number of rotatable bonds is 25. The Morgan fingerprint density at radius 2 is 1.12 bits per heavy atom. The topological polar surface area (TPSA) is 556 Å². The van der Waals surface area contributed by atoms with Gasteiger partial charge >= 0.3 is 11.9 Å². The summed E-state index contributed by atoms with van der Waals surface area (Å²) in [7, 11) is 4.81. The van der Waals surface area contributed by atoms with Crippen molar-refractivity contribution in [3.05, 3.63) is 173 Å². The normalized spacial score (nSPS) is 24.0. The van der Waals surface area contributed by atoms with Gasteiger partial charge in [-0.2, -0.15) is 0 Å². The third-order valence-corrected chi connectivity index (χ3v) is 24.5. The Morgan fingerprint density at radius 3 is 1.74 bits per heavy atom. The van der Waals surface area contributed by atoms with Gasteiger partial charge in [-0.25, -0.2) is 13.2 Å². The number of phenols is 1. The van der Waals surface area contributed by atoms with Crippen molar-refractivity contribution in [1.29, 1.82) is 0 Å². The summed E-state index contributed by atoms with van der Waals surface area (Å²) in [4.78, 5) is 258. The molecule has 14 atom stereocenters. The number of fused-ring (bicyclic) bond motifs is 3. The zero-order valence-electron chi connectivity index (χ0n) is 75.5. The molecule has 39 nitrogen and oxygen atoms in total. The fourth-order valence-corrected chi connectivity index (χ4v) is 16.9. The molecular formula is C92H115F3N16O23S. The van der Waals surface area contributed by atoms with Gasteiger partial charge in [0.15, 0.2) is 17.5 Å². The minimum Gasteiger partial charge on any atom is -0.508 e. The van der Waals surface area contributed by atoms with Crippen LogP contribution in [0.5, 0.6) is 5.75 Å². The van der Waals surface area contributed by atoms with Crippen LogP contribution in [0.2, 0.25) is 0 Å². The number of hydrogen-bond acceptors (Lipinski definition) is 22. The lowest BCUT2D eigenvalue weighted by molar-refractivity contribution is -0.152. The predicted molar refractivity (Wildman–Crippen MR) is 481 cm³/mol. The van der Waals surface area contributed by atoms with Crippen LogP contribution in [0.25, 0.3) is 10.9 Å². The van der Waals surface area contributed by atoms with Crippen molar-refractivity contribution in [2.24, 2.45) is 11.7 Å². The smallest absolute Gasteiger partial charge is 0.305 e. The van der Waals surface area contributed by atoms with Gasteiger partial charge in [-0.05, 0) is 83.3 Å². The second-order valence-corrected chi connectivity index (χ2v) is 34.7. The second kappa shape index (κ2) is 50.0. The number of H-pyrrole nitrogens is 1. The van der Waals surface area contributed by atoms with E-state index in [0.29, 0.717) is 63.5 Å². The minimum absolute atomic E-state index is 0.150. The van der Waals surface area contributed by atoms with E-state index in [1.807, 2.05) is 0 Å². The summed E-state index contributed by atoms with van der Waals surface area (Å²) in [6.45, 7) is 1.87. The monoisotopic (exact) mass is 1900 g/mol. The molecule has 135 heavy (non-hydrogen) atoms. The van der Waals surface area contributed by atoms with Crippen LogP contribution in [0.4, 0.5) is 13.2 Å². The van der Waals surface area contributed by atoms with Crippen LogP contribution in [0.3, 0.4) is 0 Å². The fourth-order valence-electron chi connectivity index (χ4n) is 16.0. The Kier molecular flexibility index (Phi) is 38.9. The molecule has 3 fully saturated rings. The number of carboxylic acids is 2. The van der Waals surface area contributed by atoms with E-state index in [1.54, 1.807) is 98.0 Å². The molecule has 9 rings (SSSR count). The Balaban J connectivity index is 1.14. The van der Waals surface area contributed by atoms with Crippen molar-refractivity contribution in [3.63, 3.8) is 0 Å². The highest BCUT2D eigenvalue weighted by Gasteiger charge is 2.48. The molecule has 0 saturated carbocycles. The number of carbonyl (C=O) groups excluding carboxylic acids is 15. The third kappa shape index (κ3) is 29.5. The van der Waals surface area contributed by atoms with Crippen molar-refractivity contribution in [3.8, 4) is 5.75 Å². The molecule has 3 saturated heterocycles. The number of phenolic OH excluding ortho intramolecular Hbond substituents is 1. The largest absolute Gasteiger partial charge is 0.508 e. The summed E-state index contributed by atoms with van der Waals surface area (Å²) in [5.41, 5.74) is 7.17. The highest BCUT2D eigenvalue weighted by atomic mass is 32.2. The number of methoxy groups -OCH3 is 1. The molecule has 6 aromatic rings. The van der Waals surface area contributed by atoms with Gasteiger partial charge in [-0.15, -0.1) is 11.8 Å². The first-order chi connectivity index (χ1) is 64.2. The number of hydrogen-bond donors (Lipinski definition) is 15. The lowest BCUT2D eigenvalue weighted by Gasteiger charge is -2.38. The highest BCUT2D eigenvalue weighted by Crippen LogP contribution is 2.28. The maximum absolute atomic E-state index is 15.7. The summed E-state index contributed by atoms with van der Waals surface area (Å²) >= 11 is 0.625. The quantitative estimate of drug-likeness (QED) is 0.0333. The number of carbonyl (C=O) groups is 17. The number of nitrogens with one attached hydrogen (secondary N) is 10. The zero-order valence-corrected chi connectivity index (χ0v) is 76.4. The summed E-state index contributed by atoms with van der Waals surface area (Å²) < 4.78 is 56.2. The number of likely N-dealkylation sites (N-methyl/N-ethyl adjacent to an activating group) is 3. The van der Waals surface area contributed by atoms with E-state index in [9.17, 15) is 63.2 Å². The number of amides is 15. The number of nitrogens with two attached hydrogens (primary N) is 1. The number of ether oxygens (including phenoxy) is 2. The lowest BCUT2D eigenvalue weighted by Crippen LogP contribution is -2.64. The molecule has 43 heteroatoms. The van der Waals surface area contributed by atoms with E-state index in [0.717, 1.165) is 31.5 Å². The van der Waals surface area contributed by atoms with Crippen LogP contribution in [0, 0.1) is 23.4 Å². The molecule has 728 valence electrons. The number of primary amides is 1. The molecule has 1 aromatic heterocycles. The number of aliphatic carboxylic acids is 2. The Bertz CT molecular complexity index is 5240. The number of unbranched alkanes of at least 4 members (excludes halogenated alkanes) is 1. The summed E-state index contributed by atoms with van der Waals surface area (Å²) in [5.74, 6) is -27.0. The zero-order chi connectivity index (χ0) is 98.6. The first-order valence-corrected chi connectivity index (χ1v) is 45.1. The standard InChI is InChI=1S/C92H115F3N16O23S/c1-8-9-24-69-91(131)111-46-57(113)42-71(111)86(126)104-66(43-77(118)119)84(124)106-79(50(2)3)92(132)108(5)70(39-51-18-12-10-13-19-51)85(125)101-63(29-30-76(116)117)89(129)110-32-34-134-47-73(110)87(127)103-65(41-55-44-97-61-23-17-16-22-58(55)61)83(123)102-64(37-53-25-27-56(112)28-26-53)82(122)100-62(31-33-133-7)81(121)105-68(80(120)98-45-74(96)114)48-135-49-75(115)99-67(38-54-35-59(93)78(95)60(94)36-54)88(128)109(6)72(90(130)107(69)4)40-52-20-14-11-15-21-52/h10-23,25-28,35-36,44,50,57,62-73,79,97,112-113H,8-9,24,29-34,37-43,45-49H2,1-7H3,(H2,96,114)(H,98,120)(H,99,115)(H,100,122)(H,101,125)(H,102,123)(H,103,127)(H,104,126)(H,105,121)(H,106,124)(H,116,117)(H,118,119)/t57-,62+,63+,64+,65+,66+,67+,68+,69+,70+,71-,72+,73-,79+/m1/s1. The SMILES string of the molecule is CCCC[C@H]1C(=O)N2C[C@H](O)C[C@@H]2C(=O)N[C@@H](CC(=O)O)C(=O)N[C@@H](C(C)C)C(=O)N(C)[C@@H](Cc2ccccc2)C(=O)N[C@@H](CCC(=O)O)C(=O)N2CCOC[C@@H]2C(=O)N[C@@H](Cc2c[nH]c3ccccc23)C(=O)N[C@@H](Cc2ccc(O)cc2)C(=O)N[C@@H](CCOC)C(=O)N[C@H](C(=O)NCC(N)=O)CSCC(=O)N[C@@H](Cc2cc(F)c(F)c(F)c2)C(=O)N(C)[C@@H](Cc2ccccc2)C(=O)N1C. The molecule has 0 unspecified atom stereocenters. The van der Waals surface area contributed by atoms with E-state index in [2.05, 4.69) is 52.8 Å². The first-order valence-electron chi connectivity index (χ1n) is 43.9. The van der Waals surface area contributed by atoms with Gasteiger partial charge in [-0.1, -0.05) is 125 Å². The number of aromatic hydroxyl groups is 1. The van der Waals surface area contributed by atoms with E-state index < -0.39 is 290 Å². The number of halogens is 3. The highest BCUT2D eigenvalue weighted by molar-refractivity contribution is 8.00. The Labute approximate surface area is 779 Å². The van der Waals surface area contributed by atoms with Crippen molar-refractivity contribution >= 4 is 123 Å². The van der Waals surface area contributed by atoms with Crippen LogP contribution in [-0.4, -0.2) is 314 Å². The lowest BCUT2D eigenvalue weighted by atomic mass is 9.98. The molecule has 5 aromatic carbocycles. The number of para-hydroxylation sites is 1. The molecule has 0 spiro atoms. The van der Waals surface area contributed by atoms with E-state index in [4.69, 9.17) is 15.2 Å². The maximum Gasteiger partial charge on any atom is 0.305 e. The predicted octanol–water partition coefficient (Wildman–Crippen LogP) is -0.0768. The number of nitrogens with zero attached hydrogens (tertiary/aromatic N) is 5. The molecule has 0 bridgehead atoms. The number of aromatic amines is 1. The number of thioether (sulfide) groups is 1. The van der Waals surface area contributed by atoms with Gasteiger partial charge in [-0.3, -0.25) is 81.5 Å². The third-order valence-electron chi connectivity index (χ3n) is 23.5. The number of morpholine rings is 1. The van der Waals surface area contributed by atoms with Crippen molar-refractivity contribution < 1.29 is 125 Å². The molecule has 4 heterocycles. The summed E-state index contributed by atoms with van der Waals surface area (Å²) in [5, 5.41) is 65.8. The molecular weight excluding hydrogens is 1790 g/mol. The minimum atomic E-state index is -2.07. The average Bonchev–Trinajstić information content (AvgIpc) is 1.62. The van der Waals surface area contributed by atoms with Crippen LogP contribution in [0.15, 0.2) is 128 Å². The molecule has 16 N–H and O–H groups in total. The number of carboxylic acid groups (broad SMARTS) is 2. The molecule has 15 amide bonds. The van der Waals surface area contributed by atoms with Gasteiger partial charge in [0.2, 0.25) is 88.6 Å². The van der Waals surface area contributed by atoms with Crippen molar-refractivity contribution in [2.45, 2.75) is 189 Å². The Hall–Kier alpha value is -13.6. The van der Waals surface area contributed by atoms with Crippen LogP contribution >= 0.6 is 11.8 Å². The number of aliphatic hydroxyl groups is 1. The van der Waals surface area contributed by atoms with Gasteiger partial charge in [0.05, 0.1) is 38.0 Å². The second-order valence-electron chi connectivity index (χ2n) is 33.7. The van der Waals surface area contributed by atoms with E-state index >= 15 is 51.9 Å². The molecule has 3 aliphatic heterocycles. The first kappa shape index (κ1) is 105. The fraction of sp³-hybridized carbons (Fsp3) is 0.467. The number of aliphatic hydroxyl groups excluding tert-OH is 1. The van der Waals surface area contributed by atoms with Gasteiger partial charge in [0.25, 0.3) is 0 Å². The van der Waals surface area contributed by atoms with Crippen molar-refractivity contribution in [2.75, 3.05) is 79.2 Å². The molecule has 0 aliphatic carbocycles. The Morgan fingerprint density at radius 1 is 0.563 bits per heavy atom. The van der Waals surface area contributed by atoms with Crippen LogP contribution in [0.1, 0.15) is 100.0 Å². The summed E-state index contributed by atoms with van der Waals surface area (Å²) in [6, 6.07) is 6.83. The van der Waals surface area contributed by atoms with Crippen molar-refractivity contribution in [1.82, 2.24) is 77.3 Å². The van der Waals surface area contributed by atoms with Gasteiger partial charge in [0.1, 0.15) is 84.3 Å². The van der Waals surface area contributed by atoms with E-state index in [-0.39, 0.29) is 57.5 Å².